The molecule has 6 nitrogen and oxygen atoms in total. The normalized spacial score (nSPS) is 11.5. The van der Waals surface area contributed by atoms with Crippen LogP contribution in [0.3, 0.4) is 0 Å². The van der Waals surface area contributed by atoms with Crippen LogP contribution in [0.25, 0.3) is 0 Å². The van der Waals surface area contributed by atoms with Crippen LogP contribution < -0.4 is 0 Å². The highest BCUT2D eigenvalue weighted by Crippen LogP contribution is 2.18. The molecule has 0 bridgehead atoms. The van der Waals surface area contributed by atoms with E-state index in [-0.39, 0.29) is 31.2 Å². The number of sulfonamides is 1. The minimum absolute atomic E-state index is 0.0471. The molecule has 0 heterocycles. The Kier molecular flexibility index (Phi) is 5.44. The second-order valence-electron chi connectivity index (χ2n) is 3.94. The van der Waals surface area contributed by atoms with Crippen LogP contribution in [-0.2, 0) is 10.0 Å². The van der Waals surface area contributed by atoms with Crippen LogP contribution in [0, 0.1) is 18.3 Å². The first-order valence-electron chi connectivity index (χ1n) is 5.70. The number of benzene rings is 1. The quantitative estimate of drug-likeness (QED) is 0.756. The number of aliphatic hydroxyl groups excluding tert-OH is 2. The third-order valence-corrected chi connectivity index (χ3v) is 4.55. The monoisotopic (exact) mass is 284 g/mol. The van der Waals surface area contributed by atoms with Crippen molar-refractivity contribution in [3.63, 3.8) is 0 Å². The van der Waals surface area contributed by atoms with Gasteiger partial charge in [0.25, 0.3) is 0 Å². The van der Waals surface area contributed by atoms with Gasteiger partial charge in [-0.25, -0.2) is 8.42 Å². The molecule has 0 aliphatic carbocycles. The maximum absolute atomic E-state index is 12.3. The predicted octanol–water partition coefficient (Wildman–Crippen LogP) is -0.158. The minimum Gasteiger partial charge on any atom is -0.395 e. The van der Waals surface area contributed by atoms with Crippen molar-refractivity contribution >= 4 is 10.0 Å². The first kappa shape index (κ1) is 15.6. The van der Waals surface area contributed by atoms with Crippen molar-refractivity contribution in [3.05, 3.63) is 29.3 Å². The molecular weight excluding hydrogens is 268 g/mol. The molecule has 0 saturated heterocycles. The summed E-state index contributed by atoms with van der Waals surface area (Å²) in [6.45, 7) is 0.840. The average Bonchev–Trinajstić information content (AvgIpc) is 2.38. The fourth-order valence-electron chi connectivity index (χ4n) is 1.65. The predicted molar refractivity (Wildman–Crippen MR) is 68.8 cm³/mol. The van der Waals surface area contributed by atoms with E-state index in [0.29, 0.717) is 11.1 Å². The number of hydrogen-bond acceptors (Lipinski definition) is 5. The maximum Gasteiger partial charge on any atom is 0.243 e. The second kappa shape index (κ2) is 6.63. The van der Waals surface area contributed by atoms with Crippen molar-refractivity contribution in [3.8, 4) is 6.07 Å². The van der Waals surface area contributed by atoms with E-state index in [9.17, 15) is 8.42 Å². The van der Waals surface area contributed by atoms with Crippen LogP contribution in [0.5, 0.6) is 0 Å². The Morgan fingerprint density at radius 2 is 1.84 bits per heavy atom. The third-order valence-electron chi connectivity index (χ3n) is 2.65. The SMILES string of the molecule is Cc1cc(S(=O)(=O)N(CCO)CCO)ccc1C#N. The molecule has 2 N–H and O–H groups in total. The lowest BCUT2D eigenvalue weighted by molar-refractivity contribution is 0.217. The summed E-state index contributed by atoms with van der Waals surface area (Å²) in [5.74, 6) is 0. The standard InChI is InChI=1S/C12H16N2O4S/c1-10-8-12(3-2-11(10)9-13)19(17,18)14(4-6-15)5-7-16/h2-3,8,15-16H,4-7H2,1H3. The highest BCUT2D eigenvalue weighted by molar-refractivity contribution is 7.89. The van der Waals surface area contributed by atoms with Gasteiger partial charge in [0.1, 0.15) is 0 Å². The van der Waals surface area contributed by atoms with Crippen LogP contribution >= 0.6 is 0 Å². The van der Waals surface area contributed by atoms with E-state index in [1.807, 2.05) is 6.07 Å². The van der Waals surface area contributed by atoms with Gasteiger partial charge in [-0.15, -0.1) is 0 Å². The third kappa shape index (κ3) is 3.52. The molecule has 0 atom stereocenters. The van der Waals surface area contributed by atoms with E-state index in [1.54, 1.807) is 6.92 Å². The van der Waals surface area contributed by atoms with Gasteiger partial charge < -0.3 is 10.2 Å². The number of nitriles is 1. The summed E-state index contributed by atoms with van der Waals surface area (Å²) < 4.78 is 25.6. The van der Waals surface area contributed by atoms with Gasteiger partial charge in [-0.1, -0.05) is 0 Å². The lowest BCUT2D eigenvalue weighted by Crippen LogP contribution is -2.35. The Balaban J connectivity index is 3.18. The zero-order valence-electron chi connectivity index (χ0n) is 10.6. The first-order chi connectivity index (χ1) is 8.97. The molecule has 1 aromatic carbocycles. The van der Waals surface area contributed by atoms with Gasteiger partial charge in [-0.05, 0) is 30.7 Å². The Labute approximate surface area is 112 Å². The molecule has 0 aliphatic heterocycles. The molecule has 1 rings (SSSR count). The molecule has 0 unspecified atom stereocenters. The van der Waals surface area contributed by atoms with Crippen LogP contribution in [-0.4, -0.2) is 49.2 Å². The maximum atomic E-state index is 12.3. The summed E-state index contributed by atoms with van der Waals surface area (Å²) in [6, 6.07) is 6.17. The zero-order chi connectivity index (χ0) is 14.5. The Bertz CT molecular complexity index is 572. The van der Waals surface area contributed by atoms with Crippen LogP contribution in [0.2, 0.25) is 0 Å². The van der Waals surface area contributed by atoms with E-state index in [0.717, 1.165) is 4.31 Å². The highest BCUT2D eigenvalue weighted by atomic mass is 32.2. The van der Waals surface area contributed by atoms with Gasteiger partial charge in [0.05, 0.1) is 29.7 Å². The molecule has 0 aliphatic rings. The summed E-state index contributed by atoms with van der Waals surface area (Å²) in [7, 11) is -3.77. The van der Waals surface area contributed by atoms with E-state index >= 15 is 0 Å². The molecule has 0 amide bonds. The van der Waals surface area contributed by atoms with E-state index in [1.165, 1.54) is 18.2 Å². The summed E-state index contributed by atoms with van der Waals surface area (Å²) in [6.07, 6.45) is 0. The van der Waals surface area contributed by atoms with Crippen molar-refractivity contribution in [2.75, 3.05) is 26.3 Å². The Morgan fingerprint density at radius 1 is 1.26 bits per heavy atom. The molecule has 1 aromatic rings. The largest absolute Gasteiger partial charge is 0.395 e. The molecule has 0 radical (unpaired) electrons. The molecule has 0 saturated carbocycles. The van der Waals surface area contributed by atoms with Gasteiger partial charge in [0.15, 0.2) is 0 Å². The molecule has 0 spiro atoms. The highest BCUT2D eigenvalue weighted by Gasteiger charge is 2.23. The summed E-state index contributed by atoms with van der Waals surface area (Å²) in [4.78, 5) is 0.0471. The number of aliphatic hydroxyl groups is 2. The fraction of sp³-hybridized carbons (Fsp3) is 0.417. The van der Waals surface area contributed by atoms with Crippen molar-refractivity contribution in [2.45, 2.75) is 11.8 Å². The number of nitrogens with zero attached hydrogens (tertiary/aromatic N) is 2. The molecule has 104 valence electrons. The number of rotatable bonds is 6. The van der Waals surface area contributed by atoms with E-state index in [2.05, 4.69) is 0 Å². The zero-order valence-corrected chi connectivity index (χ0v) is 11.4. The van der Waals surface area contributed by atoms with Gasteiger partial charge in [0, 0.05) is 13.1 Å². The molecule has 0 fully saturated rings. The molecule has 7 heteroatoms. The smallest absolute Gasteiger partial charge is 0.243 e. The first-order valence-corrected chi connectivity index (χ1v) is 7.14. The van der Waals surface area contributed by atoms with Gasteiger partial charge in [0.2, 0.25) is 10.0 Å². The van der Waals surface area contributed by atoms with Gasteiger partial charge >= 0.3 is 0 Å². The van der Waals surface area contributed by atoms with E-state index in [4.69, 9.17) is 15.5 Å². The average molecular weight is 284 g/mol. The molecular formula is C12H16N2O4S. The molecule has 0 aromatic heterocycles. The number of aryl methyl sites for hydroxylation is 1. The van der Waals surface area contributed by atoms with Gasteiger partial charge in [-0.3, -0.25) is 0 Å². The summed E-state index contributed by atoms with van der Waals surface area (Å²) in [5, 5.41) is 26.6. The van der Waals surface area contributed by atoms with Crippen molar-refractivity contribution < 1.29 is 18.6 Å². The summed E-state index contributed by atoms with van der Waals surface area (Å²) >= 11 is 0. The lowest BCUT2D eigenvalue weighted by atomic mass is 10.1. The Hall–Kier alpha value is -1.46. The van der Waals surface area contributed by atoms with E-state index < -0.39 is 10.0 Å². The van der Waals surface area contributed by atoms with Crippen LogP contribution in [0.15, 0.2) is 23.1 Å². The van der Waals surface area contributed by atoms with Crippen LogP contribution in [0.1, 0.15) is 11.1 Å². The van der Waals surface area contributed by atoms with Crippen molar-refractivity contribution in [1.82, 2.24) is 4.31 Å². The second-order valence-corrected chi connectivity index (χ2v) is 5.88. The summed E-state index contributed by atoms with van der Waals surface area (Å²) in [5.41, 5.74) is 0.978. The topological polar surface area (TPSA) is 102 Å². The molecule has 19 heavy (non-hydrogen) atoms. The fourth-order valence-corrected chi connectivity index (χ4v) is 3.15. The number of hydrogen-bond donors (Lipinski definition) is 2. The minimum atomic E-state index is -3.77. The Morgan fingerprint density at radius 3 is 2.26 bits per heavy atom. The lowest BCUT2D eigenvalue weighted by Gasteiger charge is -2.20. The van der Waals surface area contributed by atoms with Crippen LogP contribution in [0.4, 0.5) is 0 Å². The van der Waals surface area contributed by atoms with Crippen molar-refractivity contribution in [2.24, 2.45) is 0 Å². The van der Waals surface area contributed by atoms with Gasteiger partial charge in [-0.2, -0.15) is 9.57 Å². The van der Waals surface area contributed by atoms with Crippen molar-refractivity contribution in [1.29, 1.82) is 5.26 Å².